The molecule has 0 aromatic carbocycles. The van der Waals surface area contributed by atoms with Crippen LogP contribution in [0.1, 0.15) is 85.0 Å². The van der Waals surface area contributed by atoms with E-state index in [9.17, 15) is 15.0 Å². The van der Waals surface area contributed by atoms with E-state index in [0.717, 1.165) is 32.1 Å². The molecule has 4 aliphatic rings. The number of aliphatic hydroxyl groups excluding tert-OH is 2. The third kappa shape index (κ3) is 3.60. The molecule has 4 fully saturated rings. The number of aliphatic hydroxyl groups is 2. The van der Waals surface area contributed by atoms with E-state index in [2.05, 4.69) is 30.2 Å². The molecular weight excluding hydrogens is 383 g/mol. The molecule has 5 heteroatoms. The van der Waals surface area contributed by atoms with Gasteiger partial charge in [0.2, 0.25) is 0 Å². The Bertz CT molecular complexity index is 626. The molecule has 5 unspecified atom stereocenters. The van der Waals surface area contributed by atoms with Crippen molar-refractivity contribution in [1.82, 2.24) is 0 Å². The van der Waals surface area contributed by atoms with Crippen LogP contribution in [0.25, 0.3) is 0 Å². The zero-order chi connectivity index (χ0) is 21.0. The van der Waals surface area contributed by atoms with Crippen molar-refractivity contribution in [3.05, 3.63) is 0 Å². The van der Waals surface area contributed by atoms with Crippen molar-refractivity contribution in [3.8, 4) is 0 Å². The second-order valence-electron chi connectivity index (χ2n) is 11.5. The first-order valence-electron chi connectivity index (χ1n) is 12.0. The summed E-state index contributed by atoms with van der Waals surface area (Å²) < 4.78 is 4.78. The molecule has 0 bridgehead atoms. The Balaban J connectivity index is 1.53. The van der Waals surface area contributed by atoms with Gasteiger partial charge in [0, 0.05) is 6.42 Å². The Labute approximate surface area is 178 Å². The molecule has 29 heavy (non-hydrogen) atoms. The van der Waals surface area contributed by atoms with Crippen LogP contribution in [0.15, 0.2) is 0 Å². The fraction of sp³-hybridized carbons (Fsp3) is 0.958. The summed E-state index contributed by atoms with van der Waals surface area (Å²) >= 11 is 0. The van der Waals surface area contributed by atoms with Crippen molar-refractivity contribution in [1.29, 1.82) is 0 Å². The molecule has 166 valence electrons. The van der Waals surface area contributed by atoms with E-state index in [1.807, 2.05) is 0 Å². The lowest BCUT2D eigenvalue weighted by Crippen LogP contribution is -2.58. The Hall–Kier alpha value is -0.180. The zero-order valence-corrected chi connectivity index (χ0v) is 19.6. The fourth-order valence-corrected chi connectivity index (χ4v) is 8.90. The van der Waals surface area contributed by atoms with Gasteiger partial charge >= 0.3 is 5.97 Å². The van der Waals surface area contributed by atoms with Gasteiger partial charge in [-0.05, 0) is 104 Å². The van der Waals surface area contributed by atoms with Crippen molar-refractivity contribution in [2.24, 2.45) is 46.3 Å². The highest BCUT2D eigenvalue weighted by Gasteiger charge is 2.62. The maximum atomic E-state index is 11.6. The molecule has 0 spiro atoms. The summed E-state index contributed by atoms with van der Waals surface area (Å²) in [4.78, 5) is 11.6. The van der Waals surface area contributed by atoms with Gasteiger partial charge in [-0.15, -0.1) is 0 Å². The van der Waals surface area contributed by atoms with E-state index < -0.39 is 0 Å². The van der Waals surface area contributed by atoms with Crippen LogP contribution in [0.2, 0.25) is 0 Å². The van der Waals surface area contributed by atoms with Crippen LogP contribution < -0.4 is 0 Å². The van der Waals surface area contributed by atoms with Crippen molar-refractivity contribution >= 4 is 15.4 Å². The molecule has 4 nitrogen and oxygen atoms in total. The Morgan fingerprint density at radius 1 is 1.07 bits per heavy atom. The lowest BCUT2D eigenvalue weighted by atomic mass is 9.43. The molecule has 4 rings (SSSR count). The number of hydrogen-bond acceptors (Lipinski definition) is 4. The molecule has 0 aliphatic heterocycles. The molecule has 2 N–H and O–H groups in total. The van der Waals surface area contributed by atoms with Crippen molar-refractivity contribution in [3.63, 3.8) is 0 Å². The Morgan fingerprint density at radius 2 is 1.76 bits per heavy atom. The minimum absolute atomic E-state index is 0.133. The van der Waals surface area contributed by atoms with Gasteiger partial charge in [0.25, 0.3) is 0 Å². The standard InChI is InChI=1S/C24H41O4P/c1-14(4-7-21(27)28-29)17-5-6-18-22-19(9-11-24(17,18)3)23(2)10-8-16(25)12-15(23)13-20(22)26/h14-20,22,25-26H,4-13,29H2,1-3H3/t14-,15+,16-,17-,18?,19?,20?,22?,23+,24-/m1/s1. The molecule has 4 aliphatic carbocycles. The topological polar surface area (TPSA) is 66.8 Å². The summed E-state index contributed by atoms with van der Waals surface area (Å²) in [5.41, 5.74) is 0.570. The Kier molecular flexibility index (Phi) is 6.12. The van der Waals surface area contributed by atoms with Gasteiger partial charge in [0.1, 0.15) is 0 Å². The molecule has 0 heterocycles. The summed E-state index contributed by atoms with van der Waals surface area (Å²) in [5, 5.41) is 21.5. The largest absolute Gasteiger partial charge is 0.452 e. The SMILES string of the molecule is C[C@H](CCC(=O)OP)[C@H]1CCC2C3C(O)C[C@@H]4C[C@H](O)CC[C@]4(C)C3CC[C@@]21C. The van der Waals surface area contributed by atoms with E-state index in [4.69, 9.17) is 4.52 Å². The molecular formula is C24H41O4P. The normalized spacial score (nSPS) is 50.2. The van der Waals surface area contributed by atoms with Crippen molar-refractivity contribution < 1.29 is 19.5 Å². The minimum Gasteiger partial charge on any atom is -0.452 e. The average molecular weight is 425 g/mol. The molecule has 0 amide bonds. The van der Waals surface area contributed by atoms with Crippen LogP contribution in [0.4, 0.5) is 0 Å². The first-order chi connectivity index (χ1) is 13.7. The maximum Gasteiger partial charge on any atom is 0.307 e. The number of hydrogen-bond donors (Lipinski definition) is 2. The van der Waals surface area contributed by atoms with Gasteiger partial charge in [0.05, 0.1) is 21.7 Å². The lowest BCUT2D eigenvalue weighted by Gasteiger charge is -2.62. The van der Waals surface area contributed by atoms with E-state index in [0.29, 0.717) is 41.9 Å². The number of carbonyl (C=O) groups is 1. The van der Waals surface area contributed by atoms with Gasteiger partial charge in [-0.1, -0.05) is 20.8 Å². The van der Waals surface area contributed by atoms with E-state index in [1.165, 1.54) is 25.7 Å². The average Bonchev–Trinajstić information content (AvgIpc) is 3.04. The number of fused-ring (bicyclic) bond motifs is 5. The molecule has 0 saturated heterocycles. The fourth-order valence-electron chi connectivity index (χ4n) is 8.78. The highest BCUT2D eigenvalue weighted by molar-refractivity contribution is 7.10. The third-order valence-electron chi connectivity index (χ3n) is 10.4. The Morgan fingerprint density at radius 3 is 2.48 bits per heavy atom. The molecule has 0 aromatic rings. The van der Waals surface area contributed by atoms with Crippen LogP contribution >= 0.6 is 9.47 Å². The quantitative estimate of drug-likeness (QED) is 0.641. The predicted octanol–water partition coefficient (Wildman–Crippen LogP) is 4.73. The second kappa shape index (κ2) is 8.06. The molecule has 4 saturated carbocycles. The summed E-state index contributed by atoms with van der Waals surface area (Å²) in [7, 11) is 2.07. The lowest BCUT2D eigenvalue weighted by molar-refractivity contribution is -0.174. The number of carbonyl (C=O) groups excluding carboxylic acids is 1. The maximum absolute atomic E-state index is 11.6. The molecule has 0 radical (unpaired) electrons. The molecule has 0 aromatic heterocycles. The van der Waals surface area contributed by atoms with E-state index in [1.54, 1.807) is 0 Å². The van der Waals surface area contributed by atoms with Crippen LogP contribution in [0.3, 0.4) is 0 Å². The first kappa shape index (κ1) is 22.0. The summed E-state index contributed by atoms with van der Waals surface area (Å²) in [5.74, 6) is 3.10. The monoisotopic (exact) mass is 424 g/mol. The van der Waals surface area contributed by atoms with Gasteiger partial charge in [-0.2, -0.15) is 0 Å². The minimum atomic E-state index is -0.214. The summed E-state index contributed by atoms with van der Waals surface area (Å²) in [6, 6.07) is 0. The van der Waals surface area contributed by atoms with E-state index >= 15 is 0 Å². The molecule has 11 atom stereocenters. The van der Waals surface area contributed by atoms with Crippen LogP contribution in [-0.2, 0) is 9.32 Å². The van der Waals surface area contributed by atoms with Crippen LogP contribution in [0.5, 0.6) is 0 Å². The smallest absolute Gasteiger partial charge is 0.307 e. The van der Waals surface area contributed by atoms with Crippen LogP contribution in [0, 0.1) is 46.3 Å². The second-order valence-corrected chi connectivity index (χ2v) is 11.7. The predicted molar refractivity (Wildman–Crippen MR) is 117 cm³/mol. The zero-order valence-electron chi connectivity index (χ0n) is 18.5. The number of rotatable bonds is 4. The summed E-state index contributed by atoms with van der Waals surface area (Å²) in [6.07, 6.45) is 9.73. The summed E-state index contributed by atoms with van der Waals surface area (Å²) in [6.45, 7) is 7.28. The van der Waals surface area contributed by atoms with Gasteiger partial charge in [-0.3, -0.25) is 4.79 Å². The highest BCUT2D eigenvalue weighted by atomic mass is 31.0. The van der Waals surface area contributed by atoms with Gasteiger partial charge in [0.15, 0.2) is 0 Å². The third-order valence-corrected chi connectivity index (χ3v) is 10.6. The highest BCUT2D eigenvalue weighted by Crippen LogP contribution is 2.68. The first-order valence-corrected chi connectivity index (χ1v) is 12.4. The van der Waals surface area contributed by atoms with Crippen molar-refractivity contribution in [2.75, 3.05) is 0 Å². The van der Waals surface area contributed by atoms with Gasteiger partial charge in [-0.25, -0.2) is 0 Å². The van der Waals surface area contributed by atoms with Gasteiger partial charge < -0.3 is 14.7 Å². The van der Waals surface area contributed by atoms with Crippen molar-refractivity contribution in [2.45, 2.75) is 97.2 Å². The van der Waals surface area contributed by atoms with Crippen LogP contribution in [-0.4, -0.2) is 28.4 Å². The van der Waals surface area contributed by atoms with E-state index in [-0.39, 0.29) is 29.0 Å².